The van der Waals surface area contributed by atoms with E-state index in [-0.39, 0.29) is 42.6 Å². The van der Waals surface area contributed by atoms with Crippen LogP contribution in [-0.2, 0) is 46.8 Å². The number of anilines is 3. The Morgan fingerprint density at radius 1 is 0.671 bits per heavy atom. The highest BCUT2D eigenvalue weighted by Gasteiger charge is 2.30. The second-order valence-corrected chi connectivity index (χ2v) is 17.1. The first-order valence-electron chi connectivity index (χ1n) is 24.2. The number of carbonyl (C=O) groups is 2. The standard InChI is InChI=1S/C53H64N10O10/c1-67-38-19-14-34(15-20-38)31-55-52-58-51(59-53(60-52)56-32-35-16-21-39(68-2)22-17-35)54-26-28-73-47(66)13-10-11-37-33-63(62-61-37)27-9-7-8-12-46(65)57-42-24-18-36-29-45(70-4)49(71-5)50(72-6)48(36)40-23-25-44(69-3)43(64)30-41(40)42/h14-17,19-23,25,29-30,33,42H,7-13,18,24,26-28,31-32H2,1-6H3,(H,57,65)(H3,54,55,56,58,59,60)/t42-/m0/s1. The third kappa shape index (κ3) is 14.5. The average molecular weight is 1000 g/mol. The number of unbranched alkanes of at least 4 members (excludes halogenated alkanes) is 2. The van der Waals surface area contributed by atoms with E-state index in [2.05, 4.69) is 46.5 Å². The predicted octanol–water partition coefficient (Wildman–Crippen LogP) is 7.11. The Bertz CT molecular complexity index is 2780. The summed E-state index contributed by atoms with van der Waals surface area (Å²) >= 11 is 0. The van der Waals surface area contributed by atoms with Gasteiger partial charge in [-0.2, -0.15) is 15.0 Å². The SMILES string of the molecule is COc1ccc(CNc2nc(NCCOC(=O)CCCc3cn(CCCCCC(=O)N[C@H]4CCc5cc(OC)c(OC)c(OC)c5-c5ccc(OC)c(=O)cc54)nn3)nc(NCc3ccc(OC)cc3)n2)cc1. The maximum absolute atomic E-state index is 13.4. The molecule has 1 atom stereocenters. The minimum Gasteiger partial charge on any atom is -0.497 e. The molecule has 0 aliphatic heterocycles. The monoisotopic (exact) mass is 1000 g/mol. The summed E-state index contributed by atoms with van der Waals surface area (Å²) in [7, 11) is 9.40. The van der Waals surface area contributed by atoms with Crippen molar-refractivity contribution in [1.29, 1.82) is 0 Å². The van der Waals surface area contributed by atoms with Gasteiger partial charge in [-0.3, -0.25) is 19.1 Å². The molecular formula is C53H64N10O10. The van der Waals surface area contributed by atoms with Gasteiger partial charge in [0.2, 0.25) is 34.9 Å². The van der Waals surface area contributed by atoms with Crippen molar-refractivity contribution in [2.45, 2.75) is 83.5 Å². The minimum atomic E-state index is -0.440. The summed E-state index contributed by atoms with van der Waals surface area (Å²) in [5.74, 6) is 3.81. The van der Waals surface area contributed by atoms with E-state index in [9.17, 15) is 14.4 Å². The highest BCUT2D eigenvalue weighted by Crippen LogP contribution is 2.50. The Kier molecular flexibility index (Phi) is 19.0. The van der Waals surface area contributed by atoms with Crippen LogP contribution < -0.4 is 55.1 Å². The maximum Gasteiger partial charge on any atom is 0.305 e. The number of nitrogens with one attached hydrogen (secondary N) is 4. The largest absolute Gasteiger partial charge is 0.497 e. The number of amides is 1. The molecule has 20 nitrogen and oxygen atoms in total. The first-order chi connectivity index (χ1) is 35.6. The Morgan fingerprint density at radius 2 is 1.32 bits per heavy atom. The van der Waals surface area contributed by atoms with Crippen molar-refractivity contribution < 1.29 is 42.7 Å². The number of aryl methyl sites for hydroxylation is 3. The van der Waals surface area contributed by atoms with Crippen LogP contribution in [-0.4, -0.2) is 97.6 Å². The second kappa shape index (κ2) is 26.3. The summed E-state index contributed by atoms with van der Waals surface area (Å²) in [6.45, 7) is 2.00. The summed E-state index contributed by atoms with van der Waals surface area (Å²) in [6, 6.07) is 21.9. The van der Waals surface area contributed by atoms with Crippen molar-refractivity contribution in [1.82, 2.24) is 35.3 Å². The molecule has 6 aromatic rings. The zero-order chi connectivity index (χ0) is 51.5. The normalized spacial score (nSPS) is 12.5. The van der Waals surface area contributed by atoms with Crippen LogP contribution in [0.25, 0.3) is 11.1 Å². The number of esters is 1. The van der Waals surface area contributed by atoms with E-state index in [1.54, 1.807) is 52.4 Å². The fourth-order valence-corrected chi connectivity index (χ4v) is 8.46. The van der Waals surface area contributed by atoms with Crippen molar-refractivity contribution >= 4 is 29.7 Å². The van der Waals surface area contributed by atoms with Gasteiger partial charge in [0, 0.05) is 44.2 Å². The number of nitrogens with zero attached hydrogens (tertiary/aromatic N) is 6. The fourth-order valence-electron chi connectivity index (χ4n) is 8.46. The van der Waals surface area contributed by atoms with Gasteiger partial charge in [0.1, 0.15) is 18.1 Å². The Morgan fingerprint density at radius 3 is 1.93 bits per heavy atom. The molecule has 0 saturated carbocycles. The van der Waals surface area contributed by atoms with Gasteiger partial charge in [0.25, 0.3) is 0 Å². The molecule has 0 saturated heterocycles. The molecule has 386 valence electrons. The van der Waals surface area contributed by atoms with Crippen LogP contribution in [0.1, 0.15) is 78.9 Å². The molecule has 20 heteroatoms. The first kappa shape index (κ1) is 52.7. The predicted molar refractivity (Wildman–Crippen MR) is 275 cm³/mol. The lowest BCUT2D eigenvalue weighted by Crippen LogP contribution is -2.28. The number of methoxy groups -OCH3 is 6. The molecule has 73 heavy (non-hydrogen) atoms. The Balaban J connectivity index is 0.825. The van der Waals surface area contributed by atoms with Crippen molar-refractivity contribution in [3.63, 3.8) is 0 Å². The number of hydrogen-bond acceptors (Lipinski definition) is 18. The molecule has 4 aromatic carbocycles. The highest BCUT2D eigenvalue weighted by atomic mass is 16.5. The van der Waals surface area contributed by atoms with E-state index in [1.165, 1.54) is 7.11 Å². The van der Waals surface area contributed by atoms with Crippen LogP contribution in [0.2, 0.25) is 0 Å². The van der Waals surface area contributed by atoms with Gasteiger partial charge in [0.05, 0.1) is 60.9 Å². The van der Waals surface area contributed by atoms with Crippen molar-refractivity contribution in [3.8, 4) is 45.6 Å². The van der Waals surface area contributed by atoms with Crippen LogP contribution in [0.5, 0.6) is 34.5 Å². The first-order valence-corrected chi connectivity index (χ1v) is 24.2. The number of rotatable bonds is 27. The van der Waals surface area contributed by atoms with Gasteiger partial charge in [0.15, 0.2) is 17.2 Å². The fraction of sp³-hybridized carbons (Fsp3) is 0.396. The molecule has 0 spiro atoms. The molecule has 4 N–H and O–H groups in total. The smallest absolute Gasteiger partial charge is 0.305 e. The second-order valence-electron chi connectivity index (χ2n) is 17.1. The molecule has 0 unspecified atom stereocenters. The van der Waals surface area contributed by atoms with Crippen LogP contribution in [0, 0.1) is 0 Å². The lowest BCUT2D eigenvalue weighted by atomic mass is 9.95. The number of hydrogen-bond donors (Lipinski definition) is 4. The average Bonchev–Trinajstić information content (AvgIpc) is 3.73. The maximum atomic E-state index is 13.4. The lowest BCUT2D eigenvalue weighted by Gasteiger charge is -2.20. The number of carbonyl (C=O) groups excluding carboxylic acids is 2. The zero-order valence-corrected chi connectivity index (χ0v) is 42.2. The van der Waals surface area contributed by atoms with Crippen LogP contribution in [0.3, 0.4) is 0 Å². The number of ether oxygens (including phenoxy) is 7. The zero-order valence-electron chi connectivity index (χ0n) is 42.2. The third-order valence-corrected chi connectivity index (χ3v) is 12.2. The number of benzene rings is 3. The molecule has 2 heterocycles. The van der Waals surface area contributed by atoms with Gasteiger partial charge in [-0.15, -0.1) is 5.10 Å². The van der Waals surface area contributed by atoms with Crippen LogP contribution in [0.4, 0.5) is 17.8 Å². The summed E-state index contributed by atoms with van der Waals surface area (Å²) in [6.07, 6.45) is 6.94. The summed E-state index contributed by atoms with van der Waals surface area (Å²) in [4.78, 5) is 53.0. The molecule has 7 rings (SSSR count). The van der Waals surface area contributed by atoms with E-state index in [0.29, 0.717) is 98.8 Å². The van der Waals surface area contributed by atoms with Gasteiger partial charge in [-0.25, -0.2) is 0 Å². The molecular weight excluding hydrogens is 937 g/mol. The van der Waals surface area contributed by atoms with E-state index < -0.39 is 6.04 Å². The molecule has 0 radical (unpaired) electrons. The number of fused-ring (bicyclic) bond motifs is 3. The lowest BCUT2D eigenvalue weighted by molar-refractivity contribution is -0.143. The molecule has 1 aliphatic carbocycles. The van der Waals surface area contributed by atoms with Crippen molar-refractivity contribution in [2.24, 2.45) is 0 Å². The molecule has 0 bridgehead atoms. The molecule has 1 aliphatic rings. The van der Waals surface area contributed by atoms with Crippen molar-refractivity contribution in [3.05, 3.63) is 117 Å². The summed E-state index contributed by atoms with van der Waals surface area (Å²) in [5.41, 5.74) is 5.65. The van der Waals surface area contributed by atoms with Crippen LogP contribution in [0.15, 0.2) is 83.8 Å². The highest BCUT2D eigenvalue weighted by molar-refractivity contribution is 5.84. The topological polar surface area (TPSA) is 233 Å². The molecule has 1 amide bonds. The van der Waals surface area contributed by atoms with Gasteiger partial charge in [-0.1, -0.05) is 42.0 Å². The third-order valence-electron chi connectivity index (χ3n) is 12.2. The van der Waals surface area contributed by atoms with E-state index in [4.69, 9.17) is 33.2 Å². The quantitative estimate of drug-likeness (QED) is 0.0297. The summed E-state index contributed by atoms with van der Waals surface area (Å²) < 4.78 is 40.4. The van der Waals surface area contributed by atoms with E-state index >= 15 is 0 Å². The Labute approximate surface area is 424 Å². The van der Waals surface area contributed by atoms with E-state index in [1.807, 2.05) is 66.9 Å². The van der Waals surface area contributed by atoms with Crippen molar-refractivity contribution in [2.75, 3.05) is 71.8 Å². The van der Waals surface area contributed by atoms with Gasteiger partial charge in [-0.05, 0) is 109 Å². The van der Waals surface area contributed by atoms with Gasteiger partial charge < -0.3 is 54.4 Å². The summed E-state index contributed by atoms with van der Waals surface area (Å²) in [5, 5.41) is 21.4. The number of aromatic nitrogens is 6. The van der Waals surface area contributed by atoms with Crippen LogP contribution >= 0.6 is 0 Å². The molecule has 2 aromatic heterocycles. The minimum absolute atomic E-state index is 0.108. The Hall–Kier alpha value is -8.16. The van der Waals surface area contributed by atoms with Gasteiger partial charge >= 0.3 is 5.97 Å². The van der Waals surface area contributed by atoms with E-state index in [0.717, 1.165) is 57.9 Å². The molecule has 0 fully saturated rings.